The second kappa shape index (κ2) is 10.4. The minimum Gasteiger partial charge on any atom is -0.338 e. The topological polar surface area (TPSA) is 90.5 Å². The molecule has 3 rings (SSSR count). The Balaban J connectivity index is 1.42. The van der Waals surface area contributed by atoms with Crippen molar-refractivity contribution >= 4 is 23.5 Å². The van der Waals surface area contributed by atoms with Crippen molar-refractivity contribution in [2.45, 2.75) is 32.4 Å². The molecule has 4 amide bonds. The summed E-state index contributed by atoms with van der Waals surface area (Å²) in [4.78, 5) is 37.7. The maximum absolute atomic E-state index is 12.9. The van der Waals surface area contributed by atoms with Crippen molar-refractivity contribution in [3.63, 3.8) is 0 Å². The van der Waals surface area contributed by atoms with Gasteiger partial charge in [-0.1, -0.05) is 24.3 Å². The third-order valence-electron chi connectivity index (χ3n) is 4.78. The van der Waals surface area contributed by atoms with Crippen LogP contribution in [-0.2, 0) is 22.7 Å². The molecule has 1 heterocycles. The van der Waals surface area contributed by atoms with Gasteiger partial charge in [-0.25, -0.2) is 9.18 Å². The summed E-state index contributed by atoms with van der Waals surface area (Å²) < 4.78 is 12.9. The first-order valence-corrected chi connectivity index (χ1v) is 9.92. The minimum absolute atomic E-state index is 0.159. The van der Waals surface area contributed by atoms with Crippen LogP contribution in [0.1, 0.15) is 30.4 Å². The largest absolute Gasteiger partial charge is 0.338 e. The molecule has 2 aromatic rings. The second-order valence-corrected chi connectivity index (χ2v) is 7.18. The van der Waals surface area contributed by atoms with E-state index in [1.54, 1.807) is 18.2 Å². The zero-order valence-electron chi connectivity index (χ0n) is 16.6. The number of likely N-dealkylation sites (tertiary alicyclic amines) is 1. The summed E-state index contributed by atoms with van der Waals surface area (Å²) in [5.74, 6) is -0.545. The molecule has 158 valence electrons. The first kappa shape index (κ1) is 21.3. The van der Waals surface area contributed by atoms with E-state index in [2.05, 4.69) is 16.0 Å². The van der Waals surface area contributed by atoms with E-state index < -0.39 is 6.03 Å². The van der Waals surface area contributed by atoms with Gasteiger partial charge in [0.25, 0.3) is 0 Å². The van der Waals surface area contributed by atoms with Crippen molar-refractivity contribution in [2.75, 3.05) is 18.4 Å². The van der Waals surface area contributed by atoms with Crippen LogP contribution in [0.25, 0.3) is 0 Å². The lowest BCUT2D eigenvalue weighted by molar-refractivity contribution is -0.133. The van der Waals surface area contributed by atoms with Crippen molar-refractivity contribution in [3.05, 3.63) is 65.5 Å². The number of halogens is 1. The zero-order valence-corrected chi connectivity index (χ0v) is 16.6. The van der Waals surface area contributed by atoms with Crippen molar-refractivity contribution in [3.8, 4) is 0 Å². The van der Waals surface area contributed by atoms with Crippen molar-refractivity contribution in [1.29, 1.82) is 0 Å². The van der Waals surface area contributed by atoms with Gasteiger partial charge in [0.05, 0.1) is 6.54 Å². The fourth-order valence-corrected chi connectivity index (χ4v) is 3.21. The fraction of sp³-hybridized carbons (Fsp3) is 0.318. The normalized spacial score (nSPS) is 13.6. The van der Waals surface area contributed by atoms with Crippen molar-refractivity contribution in [2.24, 2.45) is 0 Å². The van der Waals surface area contributed by atoms with Gasteiger partial charge >= 0.3 is 6.03 Å². The lowest BCUT2D eigenvalue weighted by Crippen LogP contribution is -2.39. The maximum Gasteiger partial charge on any atom is 0.315 e. The van der Waals surface area contributed by atoms with Crippen LogP contribution in [0, 0.1) is 5.82 Å². The number of anilines is 1. The van der Waals surface area contributed by atoms with E-state index >= 15 is 0 Å². The van der Waals surface area contributed by atoms with Crippen LogP contribution in [-0.4, -0.2) is 35.8 Å². The number of nitrogens with zero attached hydrogens (tertiary/aromatic N) is 1. The number of piperidine rings is 1. The average Bonchev–Trinajstić information content (AvgIpc) is 2.74. The molecule has 1 fully saturated rings. The van der Waals surface area contributed by atoms with Crippen molar-refractivity contribution in [1.82, 2.24) is 15.5 Å². The third-order valence-corrected chi connectivity index (χ3v) is 4.78. The highest BCUT2D eigenvalue weighted by molar-refractivity contribution is 5.94. The molecule has 0 atom stereocenters. The molecular weight excluding hydrogens is 387 g/mol. The Hall–Kier alpha value is -3.42. The fourth-order valence-electron chi connectivity index (χ4n) is 3.21. The summed E-state index contributed by atoms with van der Waals surface area (Å²) in [5, 5.41) is 7.83. The van der Waals surface area contributed by atoms with E-state index in [9.17, 15) is 18.8 Å². The molecule has 0 radical (unpaired) electrons. The van der Waals surface area contributed by atoms with Crippen LogP contribution in [0.3, 0.4) is 0 Å². The molecule has 0 aromatic heterocycles. The van der Waals surface area contributed by atoms with Crippen LogP contribution < -0.4 is 16.0 Å². The molecule has 1 aliphatic rings. The number of nitrogens with one attached hydrogen (secondary N) is 3. The minimum atomic E-state index is -0.494. The van der Waals surface area contributed by atoms with Gasteiger partial charge in [0.2, 0.25) is 11.8 Å². The Morgan fingerprint density at radius 2 is 1.80 bits per heavy atom. The van der Waals surface area contributed by atoms with Gasteiger partial charge in [-0.3, -0.25) is 9.59 Å². The van der Waals surface area contributed by atoms with Gasteiger partial charge in [0, 0.05) is 31.7 Å². The van der Waals surface area contributed by atoms with Crippen LogP contribution in [0.5, 0.6) is 0 Å². The highest BCUT2D eigenvalue weighted by Crippen LogP contribution is 2.17. The molecule has 0 unspecified atom stereocenters. The standard InChI is InChI=1S/C22H25FN4O3/c23-18-9-7-16(8-10-18)13-24-22(30)25-14-20(28)26-19-5-3-4-17(12-19)15-27-11-2-1-6-21(27)29/h3-5,7-10,12H,1-2,6,11,13-15H2,(H,26,28)(H2,24,25,30). The van der Waals surface area contributed by atoms with Gasteiger partial charge in [-0.2, -0.15) is 0 Å². The van der Waals surface area contributed by atoms with Gasteiger partial charge in [-0.05, 0) is 48.2 Å². The molecule has 2 aromatic carbocycles. The highest BCUT2D eigenvalue weighted by atomic mass is 19.1. The predicted molar refractivity (Wildman–Crippen MR) is 111 cm³/mol. The molecule has 8 heteroatoms. The smallest absolute Gasteiger partial charge is 0.315 e. The number of benzene rings is 2. The first-order valence-electron chi connectivity index (χ1n) is 9.92. The Kier molecular flexibility index (Phi) is 7.37. The molecule has 0 bridgehead atoms. The number of hydrogen-bond donors (Lipinski definition) is 3. The molecule has 1 saturated heterocycles. The first-order chi connectivity index (χ1) is 14.5. The Bertz CT molecular complexity index is 902. The van der Waals surface area contributed by atoms with Crippen LogP contribution in [0.15, 0.2) is 48.5 Å². The number of hydrogen-bond acceptors (Lipinski definition) is 3. The Labute approximate surface area is 174 Å². The molecule has 30 heavy (non-hydrogen) atoms. The monoisotopic (exact) mass is 412 g/mol. The second-order valence-electron chi connectivity index (χ2n) is 7.18. The summed E-state index contributed by atoms with van der Waals surface area (Å²) in [6.45, 7) is 1.31. The van der Waals surface area contributed by atoms with E-state index in [-0.39, 0.29) is 30.7 Å². The Morgan fingerprint density at radius 1 is 1.00 bits per heavy atom. The zero-order chi connectivity index (χ0) is 21.3. The van der Waals surface area contributed by atoms with Gasteiger partial charge in [0.1, 0.15) is 5.82 Å². The van der Waals surface area contributed by atoms with Gasteiger partial charge < -0.3 is 20.9 Å². The van der Waals surface area contributed by atoms with E-state index in [1.807, 2.05) is 23.1 Å². The molecule has 0 saturated carbocycles. The lowest BCUT2D eigenvalue weighted by Gasteiger charge is -2.26. The highest BCUT2D eigenvalue weighted by Gasteiger charge is 2.18. The number of amides is 4. The summed E-state index contributed by atoms with van der Waals surface area (Å²) in [6.07, 6.45) is 2.54. The summed E-state index contributed by atoms with van der Waals surface area (Å²) in [6, 6.07) is 12.6. The van der Waals surface area contributed by atoms with Crippen LogP contribution >= 0.6 is 0 Å². The molecule has 7 nitrogen and oxygen atoms in total. The summed E-state index contributed by atoms with van der Waals surface area (Å²) in [7, 11) is 0. The number of carbonyl (C=O) groups is 3. The van der Waals surface area contributed by atoms with E-state index in [1.165, 1.54) is 12.1 Å². The lowest BCUT2D eigenvalue weighted by atomic mass is 10.1. The number of rotatable bonds is 7. The van der Waals surface area contributed by atoms with E-state index in [0.717, 1.165) is 30.5 Å². The maximum atomic E-state index is 12.9. The Morgan fingerprint density at radius 3 is 2.57 bits per heavy atom. The number of carbonyl (C=O) groups excluding carboxylic acids is 3. The molecule has 0 aliphatic carbocycles. The quantitative estimate of drug-likeness (QED) is 0.653. The van der Waals surface area contributed by atoms with Gasteiger partial charge in [0.15, 0.2) is 0 Å². The predicted octanol–water partition coefficient (Wildman–Crippen LogP) is 2.78. The SMILES string of the molecule is O=C(CNC(=O)NCc1ccc(F)cc1)Nc1cccc(CN2CCCCC2=O)c1. The van der Waals surface area contributed by atoms with E-state index in [4.69, 9.17) is 0 Å². The van der Waals surface area contributed by atoms with Crippen LogP contribution in [0.4, 0.5) is 14.9 Å². The van der Waals surface area contributed by atoms with Crippen molar-refractivity contribution < 1.29 is 18.8 Å². The summed E-state index contributed by atoms with van der Waals surface area (Å²) >= 11 is 0. The van der Waals surface area contributed by atoms with E-state index in [0.29, 0.717) is 18.7 Å². The molecule has 1 aliphatic heterocycles. The van der Waals surface area contributed by atoms with Crippen LogP contribution in [0.2, 0.25) is 0 Å². The molecule has 0 spiro atoms. The molecule has 3 N–H and O–H groups in total. The number of urea groups is 1. The summed E-state index contributed by atoms with van der Waals surface area (Å²) in [5.41, 5.74) is 2.29. The third kappa shape index (κ3) is 6.58. The van der Waals surface area contributed by atoms with Gasteiger partial charge in [-0.15, -0.1) is 0 Å². The average molecular weight is 412 g/mol. The molecular formula is C22H25FN4O3.